The third-order valence-corrected chi connectivity index (χ3v) is 4.60. The molecule has 1 fully saturated rings. The lowest BCUT2D eigenvalue weighted by molar-refractivity contribution is 0.209. The summed E-state index contributed by atoms with van der Waals surface area (Å²) in [6.07, 6.45) is 3.09. The zero-order valence-corrected chi connectivity index (χ0v) is 15.5. The fourth-order valence-electron chi connectivity index (χ4n) is 3.44. The largest absolute Gasteiger partial charge is 0.497 e. The molecule has 136 valence electrons. The average Bonchev–Trinajstić information content (AvgIpc) is 3.23. The molecule has 2 heterocycles. The van der Waals surface area contributed by atoms with Crippen molar-refractivity contribution in [3.8, 4) is 11.5 Å². The minimum Gasteiger partial charge on any atom is -0.497 e. The Bertz CT molecular complexity index is 699. The molecule has 1 aromatic carbocycles. The first kappa shape index (κ1) is 17.7. The highest BCUT2D eigenvalue weighted by atomic mass is 16.5. The van der Waals surface area contributed by atoms with Gasteiger partial charge in [0.05, 0.1) is 20.8 Å². The molecule has 0 bridgehead atoms. The predicted octanol–water partition coefficient (Wildman–Crippen LogP) is 3.62. The molecule has 6 nitrogen and oxygen atoms in total. The maximum absolute atomic E-state index is 5.59. The molecule has 2 aromatic rings. The summed E-state index contributed by atoms with van der Waals surface area (Å²) in [5.74, 6) is 3.68. The topological polar surface area (TPSA) is 60.6 Å². The summed E-state index contributed by atoms with van der Waals surface area (Å²) < 4.78 is 16.3. The molecule has 0 N–H and O–H groups in total. The van der Waals surface area contributed by atoms with E-state index in [2.05, 4.69) is 35.0 Å². The van der Waals surface area contributed by atoms with E-state index in [1.54, 1.807) is 14.2 Å². The molecule has 0 aliphatic carbocycles. The summed E-state index contributed by atoms with van der Waals surface area (Å²) in [5, 5.41) is 4.10. The molecular formula is C19H27N3O3. The van der Waals surface area contributed by atoms with Crippen LogP contribution in [-0.2, 0) is 13.0 Å². The average molecular weight is 345 g/mol. The van der Waals surface area contributed by atoms with Crippen molar-refractivity contribution in [1.82, 2.24) is 15.0 Å². The van der Waals surface area contributed by atoms with E-state index in [9.17, 15) is 0 Å². The minimum absolute atomic E-state index is 0.293. The molecule has 1 aliphatic rings. The number of hydrogen-bond donors (Lipinski definition) is 0. The van der Waals surface area contributed by atoms with Crippen LogP contribution in [0.2, 0.25) is 0 Å². The van der Waals surface area contributed by atoms with Crippen LogP contribution in [0.3, 0.4) is 0 Å². The molecule has 1 saturated heterocycles. The van der Waals surface area contributed by atoms with Gasteiger partial charge in [0.1, 0.15) is 11.5 Å². The highest BCUT2D eigenvalue weighted by Gasteiger charge is 2.30. The van der Waals surface area contributed by atoms with Crippen molar-refractivity contribution in [2.45, 2.75) is 45.7 Å². The molecule has 3 rings (SSSR count). The van der Waals surface area contributed by atoms with Gasteiger partial charge in [-0.25, -0.2) is 0 Å². The van der Waals surface area contributed by atoms with E-state index in [4.69, 9.17) is 14.0 Å². The number of aromatic nitrogens is 2. The Morgan fingerprint density at radius 2 is 2.12 bits per heavy atom. The zero-order valence-electron chi connectivity index (χ0n) is 15.5. The standard InChI is InChI=1S/C19H27N3O3/c1-13(2)10-18-20-19(25-21-18)12-22-9-5-6-16(22)15-8-7-14(23-3)11-17(15)24-4/h7-8,11,13,16H,5-6,9-10,12H2,1-4H3/t16-/m0/s1. The Hall–Kier alpha value is -2.08. The Labute approximate surface area is 149 Å². The predicted molar refractivity (Wildman–Crippen MR) is 94.8 cm³/mol. The van der Waals surface area contributed by atoms with Crippen molar-refractivity contribution >= 4 is 0 Å². The molecule has 1 aromatic heterocycles. The van der Waals surface area contributed by atoms with Gasteiger partial charge in [0, 0.05) is 24.1 Å². The van der Waals surface area contributed by atoms with Gasteiger partial charge in [0.25, 0.3) is 0 Å². The Morgan fingerprint density at radius 1 is 1.28 bits per heavy atom. The summed E-state index contributed by atoms with van der Waals surface area (Å²) in [7, 11) is 3.37. The second-order valence-corrected chi connectivity index (χ2v) is 6.94. The molecule has 6 heteroatoms. The second-order valence-electron chi connectivity index (χ2n) is 6.94. The molecule has 25 heavy (non-hydrogen) atoms. The van der Waals surface area contributed by atoms with Crippen molar-refractivity contribution in [2.24, 2.45) is 5.92 Å². The van der Waals surface area contributed by atoms with E-state index in [0.717, 1.165) is 43.1 Å². The number of methoxy groups -OCH3 is 2. The van der Waals surface area contributed by atoms with Crippen LogP contribution in [0.5, 0.6) is 11.5 Å². The highest BCUT2D eigenvalue weighted by Crippen LogP contribution is 2.39. The number of nitrogens with zero attached hydrogens (tertiary/aromatic N) is 3. The molecule has 0 spiro atoms. The minimum atomic E-state index is 0.293. The fraction of sp³-hybridized carbons (Fsp3) is 0.579. The summed E-state index contributed by atoms with van der Waals surface area (Å²) >= 11 is 0. The third kappa shape index (κ3) is 4.12. The lowest BCUT2D eigenvalue weighted by atomic mass is 10.0. The maximum Gasteiger partial charge on any atom is 0.240 e. The van der Waals surface area contributed by atoms with Crippen molar-refractivity contribution in [1.29, 1.82) is 0 Å². The van der Waals surface area contributed by atoms with E-state index in [1.165, 1.54) is 5.56 Å². The molecular weight excluding hydrogens is 318 g/mol. The van der Waals surface area contributed by atoms with Gasteiger partial charge >= 0.3 is 0 Å². The first-order valence-corrected chi connectivity index (χ1v) is 8.88. The number of hydrogen-bond acceptors (Lipinski definition) is 6. The van der Waals surface area contributed by atoms with Gasteiger partial charge in [-0.3, -0.25) is 4.90 Å². The van der Waals surface area contributed by atoms with Crippen LogP contribution in [0.15, 0.2) is 22.7 Å². The van der Waals surface area contributed by atoms with E-state index < -0.39 is 0 Å². The molecule has 0 radical (unpaired) electrons. The lowest BCUT2D eigenvalue weighted by Crippen LogP contribution is -2.23. The second kappa shape index (κ2) is 7.87. The smallest absolute Gasteiger partial charge is 0.240 e. The fourth-order valence-corrected chi connectivity index (χ4v) is 3.44. The van der Waals surface area contributed by atoms with E-state index >= 15 is 0 Å². The van der Waals surface area contributed by atoms with Crippen LogP contribution in [0.1, 0.15) is 50.0 Å². The quantitative estimate of drug-likeness (QED) is 0.764. The molecule has 0 unspecified atom stereocenters. The van der Waals surface area contributed by atoms with Crippen molar-refractivity contribution in [2.75, 3.05) is 20.8 Å². The van der Waals surface area contributed by atoms with Crippen molar-refractivity contribution < 1.29 is 14.0 Å². The van der Waals surface area contributed by atoms with E-state index in [0.29, 0.717) is 24.4 Å². The number of rotatable bonds is 7. The number of ether oxygens (including phenoxy) is 2. The van der Waals surface area contributed by atoms with E-state index in [-0.39, 0.29) is 0 Å². The number of benzene rings is 1. The van der Waals surface area contributed by atoms with Gasteiger partial charge in [-0.1, -0.05) is 25.1 Å². The highest BCUT2D eigenvalue weighted by molar-refractivity contribution is 5.42. The Balaban J connectivity index is 1.75. The monoisotopic (exact) mass is 345 g/mol. The molecule has 1 aliphatic heterocycles. The van der Waals surface area contributed by atoms with Gasteiger partial charge in [-0.15, -0.1) is 0 Å². The van der Waals surface area contributed by atoms with Crippen LogP contribution in [0, 0.1) is 5.92 Å². The summed E-state index contributed by atoms with van der Waals surface area (Å²) in [6, 6.07) is 6.32. The first-order valence-electron chi connectivity index (χ1n) is 8.88. The van der Waals surface area contributed by atoms with Gasteiger partial charge in [-0.2, -0.15) is 4.98 Å². The van der Waals surface area contributed by atoms with E-state index in [1.807, 2.05) is 12.1 Å². The van der Waals surface area contributed by atoms with Gasteiger partial charge in [0.2, 0.25) is 5.89 Å². The van der Waals surface area contributed by atoms with Gasteiger partial charge in [-0.05, 0) is 31.4 Å². The lowest BCUT2D eigenvalue weighted by Gasteiger charge is -2.25. The van der Waals surface area contributed by atoms with Gasteiger partial charge in [0.15, 0.2) is 5.82 Å². The van der Waals surface area contributed by atoms with Crippen molar-refractivity contribution in [3.05, 3.63) is 35.5 Å². The third-order valence-electron chi connectivity index (χ3n) is 4.60. The van der Waals surface area contributed by atoms with Crippen LogP contribution >= 0.6 is 0 Å². The zero-order chi connectivity index (χ0) is 17.8. The molecule has 1 atom stereocenters. The summed E-state index contributed by atoms with van der Waals surface area (Å²) in [6.45, 7) is 6.00. The van der Waals surface area contributed by atoms with Crippen LogP contribution in [-0.4, -0.2) is 35.8 Å². The summed E-state index contributed by atoms with van der Waals surface area (Å²) in [4.78, 5) is 6.93. The Morgan fingerprint density at radius 3 is 2.84 bits per heavy atom. The molecule has 0 amide bonds. The Kier molecular flexibility index (Phi) is 5.58. The summed E-state index contributed by atoms with van der Waals surface area (Å²) in [5.41, 5.74) is 1.18. The SMILES string of the molecule is COc1ccc([C@@H]2CCCN2Cc2nc(CC(C)C)no2)c(OC)c1. The number of likely N-dealkylation sites (tertiary alicyclic amines) is 1. The normalized spacial score (nSPS) is 18.0. The van der Waals surface area contributed by atoms with Crippen LogP contribution in [0.25, 0.3) is 0 Å². The first-order chi connectivity index (χ1) is 12.1. The van der Waals surface area contributed by atoms with Crippen LogP contribution in [0.4, 0.5) is 0 Å². The molecule has 0 saturated carbocycles. The maximum atomic E-state index is 5.59. The van der Waals surface area contributed by atoms with Crippen molar-refractivity contribution in [3.63, 3.8) is 0 Å². The van der Waals surface area contributed by atoms with Crippen LogP contribution < -0.4 is 9.47 Å². The van der Waals surface area contributed by atoms with Gasteiger partial charge < -0.3 is 14.0 Å².